The first-order chi connectivity index (χ1) is 9.10. The summed E-state index contributed by atoms with van der Waals surface area (Å²) in [6, 6.07) is 5.08. The van der Waals surface area contributed by atoms with Crippen molar-refractivity contribution in [2.45, 2.75) is 17.0 Å². The lowest BCUT2D eigenvalue weighted by atomic mass is 10.2. The Labute approximate surface area is 118 Å². The molecule has 0 atom stereocenters. The second-order valence-electron chi connectivity index (χ2n) is 3.73. The summed E-state index contributed by atoms with van der Waals surface area (Å²) in [5, 5.41) is 22.6. The van der Waals surface area contributed by atoms with Crippen molar-refractivity contribution in [1.29, 1.82) is 0 Å². The Morgan fingerprint density at radius 3 is 2.84 bits per heavy atom. The van der Waals surface area contributed by atoms with E-state index in [0.717, 1.165) is 14.9 Å². The third-order valence-electron chi connectivity index (χ3n) is 2.40. The fourth-order valence-electron chi connectivity index (χ4n) is 1.51. The summed E-state index contributed by atoms with van der Waals surface area (Å²) < 4.78 is 0.905. The van der Waals surface area contributed by atoms with Gasteiger partial charge in [-0.25, -0.2) is 0 Å². The van der Waals surface area contributed by atoms with Crippen LogP contribution in [0.5, 0.6) is 0 Å². The Kier molecular flexibility index (Phi) is 4.33. The maximum Gasteiger partial charge on any atom is 0.292 e. The Balaban J connectivity index is 2.11. The third kappa shape index (κ3) is 3.42. The Hall–Kier alpha value is -1.67. The summed E-state index contributed by atoms with van der Waals surface area (Å²) in [5.41, 5.74) is 1.62. The molecule has 0 radical (unpaired) electrons. The van der Waals surface area contributed by atoms with Gasteiger partial charge in [0.25, 0.3) is 5.69 Å². The molecule has 0 saturated heterocycles. The van der Waals surface area contributed by atoms with Crippen LogP contribution in [0.25, 0.3) is 0 Å². The van der Waals surface area contributed by atoms with Gasteiger partial charge < -0.3 is 5.32 Å². The largest absolute Gasteiger partial charge is 0.383 e. The summed E-state index contributed by atoms with van der Waals surface area (Å²) in [6.45, 7) is 1.91. The number of aryl methyl sites for hydroxylation is 1. The molecule has 100 valence electrons. The van der Waals surface area contributed by atoms with Crippen LogP contribution in [-0.2, 0) is 5.75 Å². The third-order valence-corrected chi connectivity index (χ3v) is 4.44. The minimum absolute atomic E-state index is 0.0861. The van der Waals surface area contributed by atoms with E-state index >= 15 is 0 Å². The predicted molar refractivity (Wildman–Crippen MR) is 76.9 cm³/mol. The highest BCUT2D eigenvalue weighted by Crippen LogP contribution is 2.30. The van der Waals surface area contributed by atoms with Crippen molar-refractivity contribution in [2.75, 3.05) is 12.4 Å². The van der Waals surface area contributed by atoms with E-state index < -0.39 is 4.92 Å². The van der Waals surface area contributed by atoms with Gasteiger partial charge in [-0.05, 0) is 18.6 Å². The highest BCUT2D eigenvalue weighted by atomic mass is 32.2. The van der Waals surface area contributed by atoms with Crippen molar-refractivity contribution in [3.63, 3.8) is 0 Å². The molecule has 8 heteroatoms. The molecule has 1 aromatic heterocycles. The first-order valence-corrected chi connectivity index (χ1v) is 7.28. The van der Waals surface area contributed by atoms with Gasteiger partial charge in [0.1, 0.15) is 10.7 Å². The maximum atomic E-state index is 10.8. The zero-order valence-electron chi connectivity index (χ0n) is 10.4. The Bertz CT molecular complexity index is 600. The van der Waals surface area contributed by atoms with E-state index in [1.165, 1.54) is 6.07 Å². The van der Waals surface area contributed by atoms with Crippen LogP contribution in [0.1, 0.15) is 10.6 Å². The van der Waals surface area contributed by atoms with E-state index in [1.807, 2.05) is 6.92 Å². The topological polar surface area (TPSA) is 81.0 Å². The van der Waals surface area contributed by atoms with Crippen LogP contribution < -0.4 is 5.32 Å². The molecule has 1 N–H and O–H groups in total. The zero-order chi connectivity index (χ0) is 13.8. The quantitative estimate of drug-likeness (QED) is 0.519. The second-order valence-corrected chi connectivity index (χ2v) is 6.14. The molecule has 2 rings (SSSR count). The van der Waals surface area contributed by atoms with Crippen molar-refractivity contribution in [3.05, 3.63) is 38.9 Å². The minimum Gasteiger partial charge on any atom is -0.383 e. The van der Waals surface area contributed by atoms with Crippen molar-refractivity contribution in [2.24, 2.45) is 0 Å². The van der Waals surface area contributed by atoms with Crippen LogP contribution >= 0.6 is 23.1 Å². The lowest BCUT2D eigenvalue weighted by Crippen LogP contribution is -1.97. The molecule has 0 fully saturated rings. The van der Waals surface area contributed by atoms with Crippen molar-refractivity contribution in [1.82, 2.24) is 10.2 Å². The van der Waals surface area contributed by atoms with Gasteiger partial charge in [0.2, 0.25) is 0 Å². The molecule has 0 saturated carbocycles. The molecule has 1 aromatic carbocycles. The SMILES string of the molecule is CNc1cc(CSc2nnc(C)s2)ccc1[N+](=O)[O-]. The molecule has 0 spiro atoms. The highest BCUT2D eigenvalue weighted by Gasteiger charge is 2.13. The smallest absolute Gasteiger partial charge is 0.292 e. The number of nitrogens with one attached hydrogen (secondary N) is 1. The maximum absolute atomic E-state index is 10.8. The molecule has 0 bridgehead atoms. The summed E-state index contributed by atoms with van der Waals surface area (Å²) >= 11 is 3.12. The zero-order valence-corrected chi connectivity index (χ0v) is 12.0. The summed E-state index contributed by atoms with van der Waals surface area (Å²) in [5.74, 6) is 0.710. The average molecular weight is 296 g/mol. The lowest BCUT2D eigenvalue weighted by molar-refractivity contribution is -0.383. The number of hydrogen-bond donors (Lipinski definition) is 1. The standard InChI is InChI=1S/C11H12N4O2S2/c1-7-13-14-11(19-7)18-6-8-3-4-10(15(16)17)9(5-8)12-2/h3-5,12H,6H2,1-2H3. The number of thioether (sulfide) groups is 1. The number of benzene rings is 1. The lowest BCUT2D eigenvalue weighted by Gasteiger charge is -2.04. The fraction of sp³-hybridized carbons (Fsp3) is 0.273. The van der Waals surface area contributed by atoms with Gasteiger partial charge >= 0.3 is 0 Å². The van der Waals surface area contributed by atoms with Crippen molar-refractivity contribution >= 4 is 34.5 Å². The first kappa shape index (κ1) is 13.8. The van der Waals surface area contributed by atoms with Crippen LogP contribution in [0.15, 0.2) is 22.5 Å². The highest BCUT2D eigenvalue weighted by molar-refractivity contribution is 8.00. The second kappa shape index (κ2) is 5.98. The van der Waals surface area contributed by atoms with Gasteiger partial charge in [-0.1, -0.05) is 29.2 Å². The van der Waals surface area contributed by atoms with Crippen LogP contribution in [0.4, 0.5) is 11.4 Å². The van der Waals surface area contributed by atoms with Gasteiger partial charge in [-0.15, -0.1) is 10.2 Å². The number of aromatic nitrogens is 2. The number of nitro benzene ring substituents is 1. The van der Waals surface area contributed by atoms with E-state index in [1.54, 1.807) is 42.3 Å². The molecule has 0 aliphatic rings. The number of nitrogens with zero attached hydrogens (tertiary/aromatic N) is 3. The molecule has 6 nitrogen and oxygen atoms in total. The van der Waals surface area contributed by atoms with Crippen LogP contribution in [0.2, 0.25) is 0 Å². The van der Waals surface area contributed by atoms with Gasteiger partial charge in [0, 0.05) is 18.9 Å². The van der Waals surface area contributed by atoms with Crippen LogP contribution in [-0.4, -0.2) is 22.2 Å². The van der Waals surface area contributed by atoms with E-state index in [2.05, 4.69) is 15.5 Å². The van der Waals surface area contributed by atoms with Crippen LogP contribution in [0, 0.1) is 17.0 Å². The normalized spacial score (nSPS) is 10.4. The number of nitro groups is 1. The molecule has 19 heavy (non-hydrogen) atoms. The predicted octanol–water partition coefficient (Wildman–Crippen LogP) is 3.09. The van der Waals surface area contributed by atoms with Gasteiger partial charge in [0.15, 0.2) is 4.34 Å². The number of hydrogen-bond acceptors (Lipinski definition) is 7. The molecular formula is C11H12N4O2S2. The number of rotatable bonds is 5. The van der Waals surface area contributed by atoms with E-state index in [0.29, 0.717) is 11.4 Å². The van der Waals surface area contributed by atoms with E-state index in [4.69, 9.17) is 0 Å². The molecule has 1 heterocycles. The Morgan fingerprint density at radius 1 is 1.47 bits per heavy atom. The molecule has 0 amide bonds. The first-order valence-electron chi connectivity index (χ1n) is 5.48. The molecule has 0 aliphatic heterocycles. The van der Waals surface area contributed by atoms with Gasteiger partial charge in [-0.3, -0.25) is 10.1 Å². The average Bonchev–Trinajstić information content (AvgIpc) is 2.81. The summed E-state index contributed by atoms with van der Waals surface area (Å²) in [6.07, 6.45) is 0. The molecule has 0 unspecified atom stereocenters. The van der Waals surface area contributed by atoms with E-state index in [-0.39, 0.29) is 5.69 Å². The van der Waals surface area contributed by atoms with Crippen molar-refractivity contribution < 1.29 is 4.92 Å². The van der Waals surface area contributed by atoms with Gasteiger partial charge in [-0.2, -0.15) is 0 Å². The molecular weight excluding hydrogens is 284 g/mol. The van der Waals surface area contributed by atoms with Crippen LogP contribution in [0.3, 0.4) is 0 Å². The minimum atomic E-state index is -0.392. The molecule has 2 aromatic rings. The van der Waals surface area contributed by atoms with Gasteiger partial charge in [0.05, 0.1) is 4.92 Å². The molecule has 0 aliphatic carbocycles. The Morgan fingerprint density at radius 2 is 2.26 bits per heavy atom. The van der Waals surface area contributed by atoms with Crippen molar-refractivity contribution in [3.8, 4) is 0 Å². The number of anilines is 1. The summed E-state index contributed by atoms with van der Waals surface area (Å²) in [7, 11) is 1.67. The fourth-order valence-corrected chi connectivity index (χ4v) is 3.27. The monoisotopic (exact) mass is 296 g/mol. The summed E-state index contributed by atoms with van der Waals surface area (Å²) in [4.78, 5) is 10.4. The van der Waals surface area contributed by atoms with E-state index in [9.17, 15) is 10.1 Å².